The highest BCUT2D eigenvalue weighted by Crippen LogP contribution is 2.23. The van der Waals surface area contributed by atoms with Crippen molar-refractivity contribution in [2.24, 2.45) is 0 Å². The Kier molecular flexibility index (Phi) is 7.93. The minimum absolute atomic E-state index is 0.828. The van der Waals surface area contributed by atoms with Crippen molar-refractivity contribution in [2.45, 2.75) is 39.0 Å². The van der Waals surface area contributed by atoms with E-state index < -0.39 is 0 Å². The maximum absolute atomic E-state index is 4.39. The quantitative estimate of drug-likeness (QED) is 0.523. The number of allylic oxidation sites excluding steroid dienone is 1. The average molecular weight is 375 g/mol. The summed E-state index contributed by atoms with van der Waals surface area (Å²) >= 11 is 0. The maximum Gasteiger partial charge on any atom is 0.225 e. The standard InChI is InChI=1S/C24H30N4/c1-2-3-4-5-6-7-11-15-23(22-13-9-8-10-14-22)27-18-20-28(21-19-27)24-25-16-12-17-26-24/h8-10,12-17H,2-4,7,11,18-21H2,1H3/b23-15+. The topological polar surface area (TPSA) is 32.3 Å². The van der Waals surface area contributed by atoms with E-state index in [0.29, 0.717) is 0 Å². The predicted octanol–water partition coefficient (Wildman–Crippen LogP) is 4.61. The van der Waals surface area contributed by atoms with Crippen molar-refractivity contribution >= 4 is 11.6 Å². The zero-order chi connectivity index (χ0) is 19.4. The molecule has 4 nitrogen and oxygen atoms in total. The Morgan fingerprint density at radius 3 is 2.39 bits per heavy atom. The molecule has 0 radical (unpaired) electrons. The van der Waals surface area contributed by atoms with E-state index in [9.17, 15) is 0 Å². The zero-order valence-corrected chi connectivity index (χ0v) is 16.8. The summed E-state index contributed by atoms with van der Waals surface area (Å²) in [6.07, 6.45) is 11.3. The fourth-order valence-electron chi connectivity index (χ4n) is 3.36. The van der Waals surface area contributed by atoms with Gasteiger partial charge in [-0.2, -0.15) is 0 Å². The number of nitrogens with zero attached hydrogens (tertiary/aromatic N) is 4. The smallest absolute Gasteiger partial charge is 0.225 e. The summed E-state index contributed by atoms with van der Waals surface area (Å²) in [7, 11) is 0. The highest BCUT2D eigenvalue weighted by molar-refractivity contribution is 5.64. The Balaban J connectivity index is 1.63. The molecule has 1 aliphatic rings. The number of hydrogen-bond donors (Lipinski definition) is 0. The van der Waals surface area contributed by atoms with E-state index in [-0.39, 0.29) is 0 Å². The minimum Gasteiger partial charge on any atom is -0.368 e. The Bertz CT molecular complexity index is 782. The van der Waals surface area contributed by atoms with E-state index in [1.165, 1.54) is 24.1 Å². The molecule has 0 unspecified atom stereocenters. The molecule has 0 atom stereocenters. The van der Waals surface area contributed by atoms with Gasteiger partial charge >= 0.3 is 0 Å². The molecule has 1 fully saturated rings. The molecular formula is C24H30N4. The van der Waals surface area contributed by atoms with Crippen molar-refractivity contribution in [2.75, 3.05) is 31.1 Å². The van der Waals surface area contributed by atoms with E-state index >= 15 is 0 Å². The second kappa shape index (κ2) is 11.1. The fourth-order valence-corrected chi connectivity index (χ4v) is 3.36. The molecule has 2 aromatic rings. The summed E-state index contributed by atoms with van der Waals surface area (Å²) in [5, 5.41) is 0. The summed E-state index contributed by atoms with van der Waals surface area (Å²) in [5.74, 6) is 7.44. The third-order valence-corrected chi connectivity index (χ3v) is 4.91. The maximum atomic E-state index is 4.39. The van der Waals surface area contributed by atoms with E-state index in [4.69, 9.17) is 0 Å². The molecule has 0 aliphatic carbocycles. The van der Waals surface area contributed by atoms with Gasteiger partial charge in [-0.15, -0.1) is 11.8 Å². The van der Waals surface area contributed by atoms with Crippen LogP contribution in [0.25, 0.3) is 5.70 Å². The van der Waals surface area contributed by atoms with Gasteiger partial charge in [0.2, 0.25) is 5.95 Å². The largest absolute Gasteiger partial charge is 0.368 e. The van der Waals surface area contributed by atoms with E-state index in [2.05, 4.69) is 74.9 Å². The van der Waals surface area contributed by atoms with Crippen LogP contribution in [-0.4, -0.2) is 41.0 Å². The van der Waals surface area contributed by atoms with Crippen molar-refractivity contribution < 1.29 is 0 Å². The molecule has 0 amide bonds. The number of anilines is 1. The SMILES string of the molecule is CCCCC#CCC/C=C(\c1ccccc1)N1CCN(c2ncccn2)CC1. The minimum atomic E-state index is 0.828. The van der Waals surface area contributed by atoms with Crippen molar-refractivity contribution in [3.8, 4) is 11.8 Å². The van der Waals surface area contributed by atoms with Crippen LogP contribution in [0.4, 0.5) is 5.95 Å². The molecule has 1 aliphatic heterocycles. The molecule has 146 valence electrons. The first kappa shape index (κ1) is 19.9. The number of hydrogen-bond acceptors (Lipinski definition) is 4. The fraction of sp³-hybridized carbons (Fsp3) is 0.417. The summed E-state index contributed by atoms with van der Waals surface area (Å²) in [6.45, 7) is 6.03. The van der Waals surface area contributed by atoms with Crippen LogP contribution in [0.2, 0.25) is 0 Å². The molecule has 0 saturated carbocycles. The van der Waals surface area contributed by atoms with Gasteiger partial charge in [0.05, 0.1) is 0 Å². The van der Waals surface area contributed by atoms with Gasteiger partial charge < -0.3 is 9.80 Å². The van der Waals surface area contributed by atoms with Gasteiger partial charge in [-0.05, 0) is 24.5 Å². The molecule has 3 rings (SSSR count). The molecule has 1 aromatic heterocycles. The average Bonchev–Trinajstić information content (AvgIpc) is 2.77. The lowest BCUT2D eigenvalue weighted by Crippen LogP contribution is -2.46. The lowest BCUT2D eigenvalue weighted by molar-refractivity contribution is 0.364. The van der Waals surface area contributed by atoms with Crippen molar-refractivity contribution in [3.05, 3.63) is 60.4 Å². The van der Waals surface area contributed by atoms with Gasteiger partial charge in [-0.25, -0.2) is 9.97 Å². The number of unbranched alkanes of at least 4 members (excludes halogenated alkanes) is 3. The number of aromatic nitrogens is 2. The first-order valence-electron chi connectivity index (χ1n) is 10.4. The van der Waals surface area contributed by atoms with Crippen LogP contribution in [0.5, 0.6) is 0 Å². The molecule has 0 bridgehead atoms. The van der Waals surface area contributed by atoms with Crippen LogP contribution in [-0.2, 0) is 0 Å². The molecule has 1 saturated heterocycles. The van der Waals surface area contributed by atoms with E-state index in [0.717, 1.165) is 51.4 Å². The van der Waals surface area contributed by atoms with Crippen LogP contribution in [0.1, 0.15) is 44.6 Å². The van der Waals surface area contributed by atoms with Crippen molar-refractivity contribution in [1.82, 2.24) is 14.9 Å². The second-order valence-electron chi connectivity index (χ2n) is 6.97. The van der Waals surface area contributed by atoms with Gasteiger partial charge in [0.25, 0.3) is 0 Å². The Hall–Kier alpha value is -2.80. The highest BCUT2D eigenvalue weighted by atomic mass is 15.3. The number of piperazine rings is 1. The van der Waals surface area contributed by atoms with Crippen LogP contribution < -0.4 is 4.90 Å². The Labute approximate surface area is 169 Å². The van der Waals surface area contributed by atoms with Crippen molar-refractivity contribution in [3.63, 3.8) is 0 Å². The first-order valence-corrected chi connectivity index (χ1v) is 10.4. The molecule has 0 spiro atoms. The van der Waals surface area contributed by atoms with Crippen LogP contribution in [0, 0.1) is 11.8 Å². The second-order valence-corrected chi connectivity index (χ2v) is 6.97. The summed E-state index contributed by atoms with van der Waals surface area (Å²) in [6, 6.07) is 12.6. The van der Waals surface area contributed by atoms with E-state index in [1.54, 1.807) is 0 Å². The molecule has 1 aromatic carbocycles. The van der Waals surface area contributed by atoms with Crippen molar-refractivity contribution in [1.29, 1.82) is 0 Å². The summed E-state index contributed by atoms with van der Waals surface area (Å²) in [4.78, 5) is 13.5. The third-order valence-electron chi connectivity index (χ3n) is 4.91. The lowest BCUT2D eigenvalue weighted by Gasteiger charge is -2.37. The van der Waals surface area contributed by atoms with Gasteiger partial charge in [-0.1, -0.05) is 49.8 Å². The van der Waals surface area contributed by atoms with E-state index in [1.807, 2.05) is 18.5 Å². The van der Waals surface area contributed by atoms with Gasteiger partial charge in [0.15, 0.2) is 0 Å². The summed E-state index contributed by atoms with van der Waals surface area (Å²) < 4.78 is 0. The molecule has 2 heterocycles. The van der Waals surface area contributed by atoms with Gasteiger partial charge in [-0.3, -0.25) is 0 Å². The predicted molar refractivity (Wildman–Crippen MR) is 117 cm³/mol. The van der Waals surface area contributed by atoms with Crippen LogP contribution in [0.3, 0.4) is 0 Å². The lowest BCUT2D eigenvalue weighted by atomic mass is 10.1. The molecule has 28 heavy (non-hydrogen) atoms. The first-order chi connectivity index (χ1) is 13.9. The van der Waals surface area contributed by atoms with Gasteiger partial charge in [0, 0.05) is 57.1 Å². The monoisotopic (exact) mass is 374 g/mol. The number of rotatable bonds is 7. The number of benzene rings is 1. The van der Waals surface area contributed by atoms with Crippen LogP contribution >= 0.6 is 0 Å². The highest BCUT2D eigenvalue weighted by Gasteiger charge is 2.20. The zero-order valence-electron chi connectivity index (χ0n) is 16.8. The molecule has 4 heteroatoms. The normalized spacial score (nSPS) is 14.5. The summed E-state index contributed by atoms with van der Waals surface area (Å²) in [5.41, 5.74) is 2.61. The Morgan fingerprint density at radius 1 is 0.964 bits per heavy atom. The van der Waals surface area contributed by atoms with Gasteiger partial charge in [0.1, 0.15) is 0 Å². The molecule has 0 N–H and O–H groups in total. The molecular weight excluding hydrogens is 344 g/mol. The third kappa shape index (κ3) is 5.85. The van der Waals surface area contributed by atoms with Crippen LogP contribution in [0.15, 0.2) is 54.9 Å². The Morgan fingerprint density at radius 2 is 1.68 bits per heavy atom.